The van der Waals surface area contributed by atoms with Crippen molar-refractivity contribution in [2.24, 2.45) is 5.92 Å². The van der Waals surface area contributed by atoms with Crippen molar-refractivity contribution in [3.8, 4) is 0 Å². The molecular formula is C22H30N4O3. The number of hydrogen-bond donors (Lipinski definition) is 1. The van der Waals surface area contributed by atoms with E-state index in [9.17, 15) is 14.4 Å². The van der Waals surface area contributed by atoms with Gasteiger partial charge >= 0.3 is 0 Å². The van der Waals surface area contributed by atoms with E-state index < -0.39 is 0 Å². The molecule has 0 atom stereocenters. The molecule has 3 heterocycles. The third-order valence-electron chi connectivity index (χ3n) is 6.29. The minimum atomic E-state index is -0.168. The van der Waals surface area contributed by atoms with Gasteiger partial charge in [-0.25, -0.2) is 0 Å². The molecule has 2 saturated heterocycles. The molecule has 0 bridgehead atoms. The second-order valence-corrected chi connectivity index (χ2v) is 8.34. The molecule has 3 aliphatic heterocycles. The van der Waals surface area contributed by atoms with Crippen LogP contribution in [0.15, 0.2) is 24.3 Å². The number of fused-ring (bicyclic) bond motifs is 1. The molecule has 0 saturated carbocycles. The number of carbonyl (C=O) groups excluding carboxylic acids is 3. The first-order valence-corrected chi connectivity index (χ1v) is 10.8. The van der Waals surface area contributed by atoms with Gasteiger partial charge in [0.05, 0.1) is 17.9 Å². The van der Waals surface area contributed by atoms with Crippen molar-refractivity contribution in [1.82, 2.24) is 9.80 Å². The lowest BCUT2D eigenvalue weighted by atomic mass is 9.95. The number of anilines is 2. The summed E-state index contributed by atoms with van der Waals surface area (Å²) in [5.74, 6) is 0.156. The fraction of sp³-hybridized carbons (Fsp3) is 0.591. The number of nitrogens with zero attached hydrogens (tertiary/aromatic N) is 3. The Morgan fingerprint density at radius 3 is 2.38 bits per heavy atom. The standard InChI is InChI=1S/C22H30N4O3/c27-20-15-26(19-8-4-3-7-18(19)23-20)21(28)16-24-13-9-17(10-14-24)22(29)25-11-5-1-2-6-12-25/h3-4,7-8,17H,1-2,5-6,9-16H2,(H,23,27). The van der Waals surface area contributed by atoms with Gasteiger partial charge in [0.1, 0.15) is 6.54 Å². The molecule has 7 heteroatoms. The molecule has 2 fully saturated rings. The van der Waals surface area contributed by atoms with Crippen LogP contribution >= 0.6 is 0 Å². The van der Waals surface area contributed by atoms with Gasteiger partial charge in [-0.3, -0.25) is 24.2 Å². The lowest BCUT2D eigenvalue weighted by Crippen LogP contribution is -2.49. The summed E-state index contributed by atoms with van der Waals surface area (Å²) in [6, 6.07) is 7.39. The predicted octanol–water partition coefficient (Wildman–Crippen LogP) is 2.09. The number of nitrogens with one attached hydrogen (secondary N) is 1. The van der Waals surface area contributed by atoms with Gasteiger partial charge in [0.2, 0.25) is 17.7 Å². The first kappa shape index (κ1) is 19.9. The first-order chi connectivity index (χ1) is 14.1. The number of carbonyl (C=O) groups is 3. The number of rotatable bonds is 3. The number of para-hydroxylation sites is 2. The van der Waals surface area contributed by atoms with Crippen LogP contribution in [-0.2, 0) is 14.4 Å². The van der Waals surface area contributed by atoms with Gasteiger partial charge < -0.3 is 10.2 Å². The average molecular weight is 399 g/mol. The van der Waals surface area contributed by atoms with E-state index in [2.05, 4.69) is 15.1 Å². The minimum Gasteiger partial charge on any atom is -0.342 e. The van der Waals surface area contributed by atoms with Crippen molar-refractivity contribution in [3.05, 3.63) is 24.3 Å². The van der Waals surface area contributed by atoms with E-state index in [1.165, 1.54) is 12.8 Å². The Hall–Kier alpha value is -2.41. The van der Waals surface area contributed by atoms with Gasteiger partial charge in [-0.05, 0) is 50.9 Å². The Kier molecular flexibility index (Phi) is 6.13. The normalized spacial score (nSPS) is 21.3. The quantitative estimate of drug-likeness (QED) is 0.846. The molecule has 3 amide bonds. The van der Waals surface area contributed by atoms with Crippen LogP contribution in [0.4, 0.5) is 11.4 Å². The van der Waals surface area contributed by atoms with Crippen molar-refractivity contribution >= 4 is 29.1 Å². The van der Waals surface area contributed by atoms with E-state index >= 15 is 0 Å². The van der Waals surface area contributed by atoms with Crippen LogP contribution in [0.2, 0.25) is 0 Å². The molecule has 3 aliphatic rings. The van der Waals surface area contributed by atoms with Crippen LogP contribution < -0.4 is 10.2 Å². The molecule has 0 spiro atoms. The Morgan fingerprint density at radius 2 is 1.66 bits per heavy atom. The van der Waals surface area contributed by atoms with E-state index in [1.54, 1.807) is 4.90 Å². The molecule has 0 unspecified atom stereocenters. The summed E-state index contributed by atoms with van der Waals surface area (Å²) in [6.45, 7) is 3.63. The molecule has 7 nitrogen and oxygen atoms in total. The van der Waals surface area contributed by atoms with E-state index in [0.717, 1.165) is 57.5 Å². The van der Waals surface area contributed by atoms with Crippen molar-refractivity contribution in [3.63, 3.8) is 0 Å². The lowest BCUT2D eigenvalue weighted by Gasteiger charge is -2.35. The van der Waals surface area contributed by atoms with Crippen molar-refractivity contribution < 1.29 is 14.4 Å². The van der Waals surface area contributed by atoms with Crippen molar-refractivity contribution in [1.29, 1.82) is 0 Å². The Morgan fingerprint density at radius 1 is 0.966 bits per heavy atom. The van der Waals surface area contributed by atoms with E-state index in [0.29, 0.717) is 11.6 Å². The Bertz CT molecular complexity index is 765. The number of piperidine rings is 1. The van der Waals surface area contributed by atoms with Crippen molar-refractivity contribution in [2.75, 3.05) is 49.5 Å². The predicted molar refractivity (Wildman–Crippen MR) is 112 cm³/mol. The summed E-state index contributed by atoms with van der Waals surface area (Å²) in [4.78, 5) is 43.5. The molecule has 1 aromatic rings. The van der Waals surface area contributed by atoms with Crippen LogP contribution in [0.25, 0.3) is 0 Å². The van der Waals surface area contributed by atoms with Crippen LogP contribution in [-0.4, -0.2) is 66.8 Å². The van der Waals surface area contributed by atoms with E-state index in [4.69, 9.17) is 0 Å². The highest BCUT2D eigenvalue weighted by Crippen LogP contribution is 2.29. The smallest absolute Gasteiger partial charge is 0.244 e. The first-order valence-electron chi connectivity index (χ1n) is 10.8. The van der Waals surface area contributed by atoms with Gasteiger partial charge in [0.15, 0.2) is 0 Å². The van der Waals surface area contributed by atoms with Crippen molar-refractivity contribution in [2.45, 2.75) is 38.5 Å². The topological polar surface area (TPSA) is 73.0 Å². The monoisotopic (exact) mass is 398 g/mol. The summed E-state index contributed by atoms with van der Waals surface area (Å²) in [5.41, 5.74) is 1.43. The molecule has 29 heavy (non-hydrogen) atoms. The van der Waals surface area contributed by atoms with Crippen LogP contribution in [0, 0.1) is 5.92 Å². The number of likely N-dealkylation sites (tertiary alicyclic amines) is 2. The molecule has 4 rings (SSSR count). The Labute approximate surface area is 172 Å². The minimum absolute atomic E-state index is 0.0553. The highest BCUT2D eigenvalue weighted by Gasteiger charge is 2.32. The molecule has 0 aromatic heterocycles. The SMILES string of the molecule is O=C1CN(C(=O)CN2CCC(C(=O)N3CCCCCC3)CC2)c2ccccc2N1. The maximum Gasteiger partial charge on any atom is 0.244 e. The van der Waals surface area contributed by atoms with Gasteiger partial charge in [-0.15, -0.1) is 0 Å². The molecule has 0 radical (unpaired) electrons. The lowest BCUT2D eigenvalue weighted by molar-refractivity contribution is -0.137. The number of hydrogen-bond acceptors (Lipinski definition) is 4. The maximum atomic E-state index is 12.9. The van der Waals surface area contributed by atoms with Crippen LogP contribution in [0.5, 0.6) is 0 Å². The van der Waals surface area contributed by atoms with Gasteiger partial charge in [-0.2, -0.15) is 0 Å². The average Bonchev–Trinajstić information content (AvgIpc) is 3.02. The van der Waals surface area contributed by atoms with Gasteiger partial charge in [-0.1, -0.05) is 25.0 Å². The van der Waals surface area contributed by atoms with Gasteiger partial charge in [0, 0.05) is 19.0 Å². The second-order valence-electron chi connectivity index (χ2n) is 8.34. The molecule has 0 aliphatic carbocycles. The summed E-state index contributed by atoms with van der Waals surface area (Å²) < 4.78 is 0. The summed E-state index contributed by atoms with van der Waals surface area (Å²) in [6.07, 6.45) is 6.29. The second kappa shape index (κ2) is 8.95. The zero-order valence-electron chi connectivity index (χ0n) is 16.9. The fourth-order valence-corrected chi connectivity index (χ4v) is 4.62. The van der Waals surface area contributed by atoms with Crippen LogP contribution in [0.3, 0.4) is 0 Å². The number of amides is 3. The highest BCUT2D eigenvalue weighted by atomic mass is 16.2. The number of benzene rings is 1. The Balaban J connectivity index is 1.31. The largest absolute Gasteiger partial charge is 0.342 e. The molecule has 156 valence electrons. The summed E-state index contributed by atoms with van der Waals surface area (Å²) in [7, 11) is 0. The molecule has 1 aromatic carbocycles. The zero-order valence-corrected chi connectivity index (χ0v) is 16.9. The van der Waals surface area contributed by atoms with Gasteiger partial charge in [0.25, 0.3) is 0 Å². The summed E-state index contributed by atoms with van der Waals surface area (Å²) in [5, 5.41) is 2.81. The van der Waals surface area contributed by atoms with E-state index in [1.807, 2.05) is 24.3 Å². The summed E-state index contributed by atoms with van der Waals surface area (Å²) >= 11 is 0. The maximum absolute atomic E-state index is 12.9. The van der Waals surface area contributed by atoms with E-state index in [-0.39, 0.29) is 30.8 Å². The fourth-order valence-electron chi connectivity index (χ4n) is 4.62. The molecule has 1 N–H and O–H groups in total. The molecular weight excluding hydrogens is 368 g/mol. The third kappa shape index (κ3) is 4.61. The third-order valence-corrected chi connectivity index (χ3v) is 6.29. The highest BCUT2D eigenvalue weighted by molar-refractivity contribution is 6.10. The van der Waals surface area contributed by atoms with Crippen LogP contribution in [0.1, 0.15) is 38.5 Å². The zero-order chi connectivity index (χ0) is 20.2.